The summed E-state index contributed by atoms with van der Waals surface area (Å²) in [4.78, 5) is 0. The second-order valence-corrected chi connectivity index (χ2v) is 6.76. The van der Waals surface area contributed by atoms with E-state index >= 15 is 0 Å². The molecule has 1 aliphatic rings. The van der Waals surface area contributed by atoms with Crippen molar-refractivity contribution in [2.24, 2.45) is 5.92 Å². The molecule has 0 aliphatic heterocycles. The zero-order valence-corrected chi connectivity index (χ0v) is 11.9. The third kappa shape index (κ3) is 3.82. The molecule has 2 N–H and O–H groups in total. The van der Waals surface area contributed by atoms with E-state index in [-0.39, 0.29) is 0 Å². The molecule has 1 aliphatic carbocycles. The summed E-state index contributed by atoms with van der Waals surface area (Å²) in [6, 6.07) is 5.98. The van der Waals surface area contributed by atoms with E-state index in [0.29, 0.717) is 10.7 Å². The number of benzene rings is 1. The van der Waals surface area contributed by atoms with E-state index in [2.05, 4.69) is 24.8 Å². The maximum absolute atomic E-state index is 5.92. The van der Waals surface area contributed by atoms with Gasteiger partial charge in [-0.15, -0.1) is 0 Å². The van der Waals surface area contributed by atoms with Crippen molar-refractivity contribution in [2.45, 2.75) is 43.6 Å². The van der Waals surface area contributed by atoms with Gasteiger partial charge in [-0.05, 0) is 36.5 Å². The van der Waals surface area contributed by atoms with Gasteiger partial charge in [0.05, 0.1) is 10.7 Å². The highest BCUT2D eigenvalue weighted by atomic mass is 35.5. The first kappa shape index (κ1) is 13.1. The Morgan fingerprint density at radius 3 is 2.94 bits per heavy atom. The second-order valence-electron chi connectivity index (χ2n) is 5.06. The highest BCUT2D eigenvalue weighted by Gasteiger charge is 2.18. The summed E-state index contributed by atoms with van der Waals surface area (Å²) in [5.41, 5.74) is 7.79. The predicted molar refractivity (Wildman–Crippen MR) is 78.6 cm³/mol. The van der Waals surface area contributed by atoms with Crippen LogP contribution in [0.5, 0.6) is 0 Å². The molecular weight excluding hydrogens is 250 g/mol. The first-order valence-corrected chi connectivity index (χ1v) is 7.73. The zero-order valence-electron chi connectivity index (χ0n) is 10.3. The van der Waals surface area contributed by atoms with E-state index in [1.807, 2.05) is 12.1 Å². The van der Waals surface area contributed by atoms with Gasteiger partial charge in [0.15, 0.2) is 0 Å². The summed E-state index contributed by atoms with van der Waals surface area (Å²) < 4.78 is 0. The third-order valence-corrected chi connectivity index (χ3v) is 5.18. The van der Waals surface area contributed by atoms with Crippen molar-refractivity contribution in [3.05, 3.63) is 28.8 Å². The molecule has 94 valence electrons. The maximum Gasteiger partial charge on any atom is 0.0635 e. The Labute approximate surface area is 113 Å². The summed E-state index contributed by atoms with van der Waals surface area (Å²) in [5.74, 6) is 1.95. The van der Waals surface area contributed by atoms with Crippen molar-refractivity contribution in [2.75, 3.05) is 5.73 Å². The lowest BCUT2D eigenvalue weighted by Crippen LogP contribution is -2.15. The summed E-state index contributed by atoms with van der Waals surface area (Å²) in [7, 11) is 0. The van der Waals surface area contributed by atoms with Gasteiger partial charge < -0.3 is 5.73 Å². The standard InChI is InChI=1S/C14H20ClNS/c1-10-3-2-4-12(7-10)17-9-11-5-6-13(15)14(16)8-11/h5-6,8,10,12H,2-4,7,9,16H2,1H3. The molecule has 0 radical (unpaired) electrons. The molecule has 0 aromatic heterocycles. The van der Waals surface area contributed by atoms with Gasteiger partial charge in [-0.3, -0.25) is 0 Å². The minimum atomic E-state index is 0.657. The molecule has 0 spiro atoms. The normalized spacial score (nSPS) is 24.8. The molecule has 2 unspecified atom stereocenters. The number of nitrogen functional groups attached to an aromatic ring is 1. The van der Waals surface area contributed by atoms with Crippen molar-refractivity contribution < 1.29 is 0 Å². The number of rotatable bonds is 3. The van der Waals surface area contributed by atoms with Crippen LogP contribution in [0.3, 0.4) is 0 Å². The van der Waals surface area contributed by atoms with Crippen molar-refractivity contribution in [1.29, 1.82) is 0 Å². The molecule has 2 atom stereocenters. The van der Waals surface area contributed by atoms with Crippen LogP contribution in [0.15, 0.2) is 18.2 Å². The molecule has 1 aromatic rings. The fourth-order valence-electron chi connectivity index (χ4n) is 2.43. The predicted octanol–water partition coefficient (Wildman–Crippen LogP) is 4.73. The van der Waals surface area contributed by atoms with Gasteiger partial charge in [-0.25, -0.2) is 0 Å². The number of nitrogens with two attached hydrogens (primary N) is 1. The fraction of sp³-hybridized carbons (Fsp3) is 0.571. The topological polar surface area (TPSA) is 26.0 Å². The Morgan fingerprint density at radius 1 is 1.41 bits per heavy atom. The third-order valence-electron chi connectivity index (χ3n) is 3.43. The molecule has 3 heteroatoms. The molecule has 1 nitrogen and oxygen atoms in total. The Balaban J connectivity index is 1.86. The quantitative estimate of drug-likeness (QED) is 0.803. The van der Waals surface area contributed by atoms with Crippen molar-refractivity contribution in [3.8, 4) is 0 Å². The number of hydrogen-bond donors (Lipinski definition) is 1. The molecule has 0 bridgehead atoms. The first-order valence-electron chi connectivity index (χ1n) is 6.30. The van der Waals surface area contributed by atoms with Crippen LogP contribution in [-0.4, -0.2) is 5.25 Å². The number of halogens is 1. The van der Waals surface area contributed by atoms with Crippen LogP contribution in [0.1, 0.15) is 38.2 Å². The smallest absolute Gasteiger partial charge is 0.0635 e. The highest BCUT2D eigenvalue weighted by Crippen LogP contribution is 2.34. The van der Waals surface area contributed by atoms with E-state index in [0.717, 1.165) is 16.9 Å². The molecule has 2 rings (SSSR count). The Kier molecular flexibility index (Phi) is 4.63. The minimum Gasteiger partial charge on any atom is -0.398 e. The van der Waals surface area contributed by atoms with E-state index in [4.69, 9.17) is 17.3 Å². The van der Waals surface area contributed by atoms with Crippen LogP contribution in [0.4, 0.5) is 5.69 Å². The molecule has 17 heavy (non-hydrogen) atoms. The van der Waals surface area contributed by atoms with Crippen LogP contribution in [0.25, 0.3) is 0 Å². The maximum atomic E-state index is 5.92. The Hall–Kier alpha value is -0.340. The minimum absolute atomic E-state index is 0.657. The summed E-state index contributed by atoms with van der Waals surface area (Å²) in [5, 5.41) is 1.49. The molecule has 1 saturated carbocycles. The van der Waals surface area contributed by atoms with Crippen molar-refractivity contribution >= 4 is 29.1 Å². The van der Waals surface area contributed by atoms with Crippen LogP contribution >= 0.6 is 23.4 Å². The van der Waals surface area contributed by atoms with Crippen molar-refractivity contribution in [3.63, 3.8) is 0 Å². The highest BCUT2D eigenvalue weighted by molar-refractivity contribution is 7.99. The summed E-state index contributed by atoms with van der Waals surface area (Å²) >= 11 is 7.99. The first-order chi connectivity index (χ1) is 8.15. The lowest BCUT2D eigenvalue weighted by atomic mass is 9.91. The van der Waals surface area contributed by atoms with E-state index in [1.54, 1.807) is 0 Å². The monoisotopic (exact) mass is 269 g/mol. The zero-order chi connectivity index (χ0) is 12.3. The van der Waals surface area contributed by atoms with Gasteiger partial charge in [0, 0.05) is 11.0 Å². The fourth-order valence-corrected chi connectivity index (χ4v) is 3.95. The molecular formula is C14H20ClNS. The van der Waals surface area contributed by atoms with Gasteiger partial charge in [-0.1, -0.05) is 37.4 Å². The van der Waals surface area contributed by atoms with Gasteiger partial charge in [-0.2, -0.15) is 11.8 Å². The van der Waals surface area contributed by atoms with Crippen LogP contribution in [0, 0.1) is 5.92 Å². The average Bonchev–Trinajstić information content (AvgIpc) is 2.31. The molecule has 0 heterocycles. The average molecular weight is 270 g/mol. The summed E-state index contributed by atoms with van der Waals surface area (Å²) in [6.07, 6.45) is 5.54. The number of anilines is 1. The van der Waals surface area contributed by atoms with Crippen LogP contribution < -0.4 is 5.73 Å². The van der Waals surface area contributed by atoms with Gasteiger partial charge in [0.1, 0.15) is 0 Å². The summed E-state index contributed by atoms with van der Waals surface area (Å²) in [6.45, 7) is 2.37. The van der Waals surface area contributed by atoms with Gasteiger partial charge in [0.2, 0.25) is 0 Å². The van der Waals surface area contributed by atoms with E-state index in [9.17, 15) is 0 Å². The molecule has 1 fully saturated rings. The number of thioether (sulfide) groups is 1. The second kappa shape index (κ2) is 6.01. The molecule has 1 aromatic carbocycles. The SMILES string of the molecule is CC1CCCC(SCc2ccc(Cl)c(N)c2)C1. The molecule has 0 amide bonds. The van der Waals surface area contributed by atoms with Crippen LogP contribution in [0.2, 0.25) is 5.02 Å². The van der Waals surface area contributed by atoms with Gasteiger partial charge >= 0.3 is 0 Å². The van der Waals surface area contributed by atoms with E-state index in [1.165, 1.54) is 31.2 Å². The molecule has 0 saturated heterocycles. The Morgan fingerprint density at radius 2 is 2.24 bits per heavy atom. The van der Waals surface area contributed by atoms with Crippen LogP contribution in [-0.2, 0) is 5.75 Å². The largest absolute Gasteiger partial charge is 0.398 e. The van der Waals surface area contributed by atoms with Crippen molar-refractivity contribution in [1.82, 2.24) is 0 Å². The van der Waals surface area contributed by atoms with E-state index < -0.39 is 0 Å². The lowest BCUT2D eigenvalue weighted by molar-refractivity contribution is 0.394. The number of hydrogen-bond acceptors (Lipinski definition) is 2. The Bertz CT molecular complexity index is 380. The lowest BCUT2D eigenvalue weighted by Gasteiger charge is -2.26. The van der Waals surface area contributed by atoms with Gasteiger partial charge in [0.25, 0.3) is 0 Å².